The number of likely N-dealkylation sites (tertiary alicyclic amines) is 1. The molecule has 2 fully saturated rings. The highest BCUT2D eigenvalue weighted by Crippen LogP contribution is 2.53. The molecule has 6 nitrogen and oxygen atoms in total. The quantitative estimate of drug-likeness (QED) is 0.480. The summed E-state index contributed by atoms with van der Waals surface area (Å²) in [6.45, 7) is 4.73. The monoisotopic (exact) mass is 332 g/mol. The van der Waals surface area contributed by atoms with Crippen molar-refractivity contribution in [3.05, 3.63) is 46.0 Å². The zero-order valence-electron chi connectivity index (χ0n) is 14.3. The Balaban J connectivity index is 2.00. The van der Waals surface area contributed by atoms with Crippen LogP contribution in [0.2, 0.25) is 0 Å². The number of nitrogens with zero attached hydrogens (tertiary/aromatic N) is 2. The van der Waals surface area contributed by atoms with E-state index in [1.807, 2.05) is 42.2 Å². The van der Waals surface area contributed by atoms with Crippen molar-refractivity contribution in [3.8, 4) is 0 Å². The molecule has 0 bridgehead atoms. The molecule has 0 amide bonds. The molecule has 1 aromatic rings. The summed E-state index contributed by atoms with van der Waals surface area (Å²) in [6.07, 6.45) is 1.56. The first-order valence-electron chi connectivity index (χ1n) is 8.45. The van der Waals surface area contributed by atoms with Crippen LogP contribution in [0.4, 0.5) is 0 Å². The smallest absolute Gasteiger partial charge is 0.323 e. The SMILES string of the molecule is COC(=O)[C@@H]1CCCN1C1C([N+](=O)[O-])C(C)C1(C)c1ccccc1. The third kappa shape index (κ3) is 2.32. The fourth-order valence-electron chi connectivity index (χ4n) is 4.71. The van der Waals surface area contributed by atoms with Crippen molar-refractivity contribution in [3.63, 3.8) is 0 Å². The first-order chi connectivity index (χ1) is 11.4. The summed E-state index contributed by atoms with van der Waals surface area (Å²) in [6, 6.07) is 8.60. The number of benzene rings is 1. The molecular formula is C18H24N2O4. The average Bonchev–Trinajstić information content (AvgIpc) is 3.06. The molecule has 1 aromatic carbocycles. The first kappa shape index (κ1) is 16.9. The summed E-state index contributed by atoms with van der Waals surface area (Å²) < 4.78 is 4.93. The largest absolute Gasteiger partial charge is 0.468 e. The molecule has 1 aliphatic heterocycles. The molecule has 0 spiro atoms. The van der Waals surface area contributed by atoms with Crippen molar-refractivity contribution in [1.82, 2.24) is 4.90 Å². The van der Waals surface area contributed by atoms with Crippen molar-refractivity contribution < 1.29 is 14.5 Å². The number of carbonyl (C=O) groups excluding carboxylic acids is 1. The van der Waals surface area contributed by atoms with Crippen molar-refractivity contribution in [2.45, 2.75) is 50.2 Å². The Morgan fingerprint density at radius 2 is 2.04 bits per heavy atom. The zero-order valence-corrected chi connectivity index (χ0v) is 14.3. The number of esters is 1. The van der Waals surface area contributed by atoms with Gasteiger partial charge in [0, 0.05) is 16.3 Å². The molecule has 1 aliphatic carbocycles. The van der Waals surface area contributed by atoms with Crippen molar-refractivity contribution in [2.24, 2.45) is 5.92 Å². The van der Waals surface area contributed by atoms with E-state index in [9.17, 15) is 14.9 Å². The van der Waals surface area contributed by atoms with E-state index in [1.54, 1.807) is 0 Å². The maximum absolute atomic E-state index is 12.1. The van der Waals surface area contributed by atoms with Gasteiger partial charge in [-0.05, 0) is 24.9 Å². The molecule has 4 unspecified atom stereocenters. The summed E-state index contributed by atoms with van der Waals surface area (Å²) >= 11 is 0. The molecule has 0 N–H and O–H groups in total. The van der Waals surface area contributed by atoms with Crippen molar-refractivity contribution in [1.29, 1.82) is 0 Å². The van der Waals surface area contributed by atoms with Crippen LogP contribution in [0, 0.1) is 16.0 Å². The predicted molar refractivity (Wildman–Crippen MR) is 89.3 cm³/mol. The van der Waals surface area contributed by atoms with Gasteiger partial charge in [0.15, 0.2) is 0 Å². The van der Waals surface area contributed by atoms with Crippen LogP contribution in [0.15, 0.2) is 30.3 Å². The standard InChI is InChI=1S/C18H24N2O4/c1-12-15(20(22)23)16(18(12,2)13-8-5-4-6-9-13)19-11-7-10-14(19)17(21)24-3/h4-6,8-9,12,14-16H,7,10-11H2,1-3H3/t12?,14-,15?,16?,18?/m0/s1. The Morgan fingerprint density at radius 3 is 2.62 bits per heavy atom. The number of hydrogen-bond acceptors (Lipinski definition) is 5. The Labute approximate surface area is 141 Å². The zero-order chi connectivity index (χ0) is 17.5. The number of hydrogen-bond donors (Lipinski definition) is 0. The van der Waals surface area contributed by atoms with E-state index in [1.165, 1.54) is 7.11 Å². The highest BCUT2D eigenvalue weighted by atomic mass is 16.6. The lowest BCUT2D eigenvalue weighted by molar-refractivity contribution is -0.565. The van der Waals surface area contributed by atoms with Gasteiger partial charge in [-0.1, -0.05) is 44.2 Å². The Kier molecular flexibility index (Phi) is 4.34. The van der Waals surface area contributed by atoms with E-state index in [0.29, 0.717) is 13.0 Å². The highest BCUT2D eigenvalue weighted by molar-refractivity contribution is 5.76. The number of carbonyl (C=O) groups is 1. The van der Waals surface area contributed by atoms with Crippen molar-refractivity contribution in [2.75, 3.05) is 13.7 Å². The van der Waals surface area contributed by atoms with Gasteiger partial charge < -0.3 is 4.74 Å². The van der Waals surface area contributed by atoms with Gasteiger partial charge in [-0.15, -0.1) is 0 Å². The molecular weight excluding hydrogens is 308 g/mol. The van der Waals surface area contributed by atoms with Gasteiger partial charge in [0.1, 0.15) is 6.04 Å². The maximum atomic E-state index is 12.1. The minimum atomic E-state index is -0.666. The summed E-state index contributed by atoms with van der Waals surface area (Å²) in [5.74, 6) is -0.386. The van der Waals surface area contributed by atoms with E-state index < -0.39 is 6.04 Å². The van der Waals surface area contributed by atoms with Gasteiger partial charge in [-0.25, -0.2) is 0 Å². The van der Waals surface area contributed by atoms with Gasteiger partial charge in [0.2, 0.25) is 6.04 Å². The van der Waals surface area contributed by atoms with Crippen molar-refractivity contribution >= 4 is 5.97 Å². The molecule has 2 aliphatic rings. The molecule has 0 radical (unpaired) electrons. The van der Waals surface area contributed by atoms with Crippen LogP contribution in [0.5, 0.6) is 0 Å². The molecule has 6 heteroatoms. The maximum Gasteiger partial charge on any atom is 0.323 e. The van der Waals surface area contributed by atoms with Crippen LogP contribution in [0.1, 0.15) is 32.3 Å². The first-order valence-corrected chi connectivity index (χ1v) is 8.45. The lowest BCUT2D eigenvalue weighted by atomic mass is 9.51. The second kappa shape index (κ2) is 6.16. The number of ether oxygens (including phenoxy) is 1. The number of methoxy groups -OCH3 is 1. The average molecular weight is 332 g/mol. The molecule has 1 saturated carbocycles. The Bertz CT molecular complexity index is 635. The third-order valence-corrected chi connectivity index (χ3v) is 6.16. The third-order valence-electron chi connectivity index (χ3n) is 6.16. The minimum absolute atomic E-state index is 0.0983. The van der Waals surface area contributed by atoms with Gasteiger partial charge in [0.05, 0.1) is 13.2 Å². The molecule has 3 rings (SSSR count). The van der Waals surface area contributed by atoms with E-state index in [-0.39, 0.29) is 34.3 Å². The van der Waals surface area contributed by atoms with E-state index in [4.69, 9.17) is 4.74 Å². The van der Waals surface area contributed by atoms with Crippen LogP contribution in [0.25, 0.3) is 0 Å². The van der Waals surface area contributed by atoms with Crippen LogP contribution < -0.4 is 0 Å². The van der Waals surface area contributed by atoms with Crippen LogP contribution in [-0.2, 0) is 14.9 Å². The molecule has 1 heterocycles. The summed E-state index contributed by atoms with van der Waals surface area (Å²) in [5.41, 5.74) is 0.742. The van der Waals surface area contributed by atoms with E-state index in [2.05, 4.69) is 6.92 Å². The number of rotatable bonds is 4. The predicted octanol–water partition coefficient (Wildman–Crippen LogP) is 2.25. The van der Waals surface area contributed by atoms with Gasteiger partial charge in [-0.2, -0.15) is 0 Å². The molecule has 5 atom stereocenters. The lowest BCUT2D eigenvalue weighted by Gasteiger charge is -2.58. The second-order valence-electron chi connectivity index (χ2n) is 7.08. The van der Waals surface area contributed by atoms with Gasteiger partial charge in [-0.3, -0.25) is 19.8 Å². The van der Waals surface area contributed by atoms with Crippen LogP contribution in [0.3, 0.4) is 0 Å². The Hall–Kier alpha value is -1.95. The van der Waals surface area contributed by atoms with Gasteiger partial charge >= 0.3 is 5.97 Å². The molecule has 24 heavy (non-hydrogen) atoms. The van der Waals surface area contributed by atoms with Crippen LogP contribution in [-0.4, -0.2) is 47.6 Å². The van der Waals surface area contributed by atoms with Crippen LogP contribution >= 0.6 is 0 Å². The molecule has 130 valence electrons. The van der Waals surface area contributed by atoms with Gasteiger partial charge in [0.25, 0.3) is 0 Å². The number of nitro groups is 1. The van der Waals surface area contributed by atoms with E-state index >= 15 is 0 Å². The summed E-state index contributed by atoms with van der Waals surface area (Å²) in [4.78, 5) is 25.7. The fraction of sp³-hybridized carbons (Fsp3) is 0.611. The van der Waals surface area contributed by atoms with E-state index in [0.717, 1.165) is 12.0 Å². The summed E-state index contributed by atoms with van der Waals surface area (Å²) in [5, 5.41) is 11.7. The molecule has 0 aromatic heterocycles. The fourth-order valence-corrected chi connectivity index (χ4v) is 4.71. The minimum Gasteiger partial charge on any atom is -0.468 e. The highest BCUT2D eigenvalue weighted by Gasteiger charge is 2.67. The normalized spacial score (nSPS) is 36.1. The molecule has 1 saturated heterocycles. The Morgan fingerprint density at radius 1 is 1.38 bits per heavy atom. The topological polar surface area (TPSA) is 72.7 Å². The summed E-state index contributed by atoms with van der Waals surface area (Å²) in [7, 11) is 1.38. The second-order valence-corrected chi connectivity index (χ2v) is 7.08. The lowest BCUT2D eigenvalue weighted by Crippen LogP contribution is -2.74.